The fourth-order valence-corrected chi connectivity index (χ4v) is 1.63. The minimum Gasteiger partial charge on any atom is -0.352 e. The molecule has 0 radical (unpaired) electrons. The van der Waals surface area contributed by atoms with Crippen LogP contribution in [0.2, 0.25) is 0 Å². The van der Waals surface area contributed by atoms with Gasteiger partial charge in [-0.25, -0.2) is 9.97 Å². The Morgan fingerprint density at radius 2 is 2.00 bits per heavy atom. The average Bonchev–Trinajstić information content (AvgIpc) is 2.36. The van der Waals surface area contributed by atoms with Crippen molar-refractivity contribution in [1.82, 2.24) is 20.3 Å². The third-order valence-corrected chi connectivity index (χ3v) is 2.41. The fraction of sp³-hybridized carbons (Fsp3) is 0.231. The van der Waals surface area contributed by atoms with Crippen LogP contribution in [0.5, 0.6) is 0 Å². The summed E-state index contributed by atoms with van der Waals surface area (Å²) < 4.78 is 0. The van der Waals surface area contributed by atoms with E-state index in [1.54, 1.807) is 12.4 Å². The van der Waals surface area contributed by atoms with E-state index < -0.39 is 0 Å². The summed E-state index contributed by atoms with van der Waals surface area (Å²) in [5.41, 5.74) is 2.75. The highest BCUT2D eigenvalue weighted by Gasteiger charge is 2.02. The van der Waals surface area contributed by atoms with Crippen LogP contribution < -0.4 is 10.6 Å². The zero-order valence-corrected chi connectivity index (χ0v) is 10.9. The van der Waals surface area contributed by atoms with Gasteiger partial charge in [-0.2, -0.15) is 0 Å². The van der Waals surface area contributed by atoms with Crippen molar-refractivity contribution < 1.29 is 0 Å². The van der Waals surface area contributed by atoms with Gasteiger partial charge in [-0.05, 0) is 31.5 Å². The molecule has 2 aromatic rings. The number of guanidine groups is 1. The number of nitrogens with zero attached hydrogens (tertiary/aromatic N) is 3. The molecule has 19 heavy (non-hydrogen) atoms. The van der Waals surface area contributed by atoms with Gasteiger partial charge in [0.25, 0.3) is 0 Å². The van der Waals surface area contributed by atoms with E-state index in [1.807, 2.05) is 32.0 Å². The minimum atomic E-state index is 0.161. The number of aryl methyl sites for hydroxylation is 2. The first-order valence-corrected chi connectivity index (χ1v) is 5.94. The van der Waals surface area contributed by atoms with E-state index >= 15 is 0 Å². The molecule has 0 bridgehead atoms. The quantitative estimate of drug-likeness (QED) is 0.574. The van der Waals surface area contributed by atoms with Crippen LogP contribution in [-0.2, 0) is 6.54 Å². The summed E-state index contributed by atoms with van der Waals surface area (Å²) in [5, 5.41) is 13.6. The van der Waals surface area contributed by atoms with E-state index in [2.05, 4.69) is 25.6 Å². The Labute approximate surface area is 111 Å². The molecule has 0 saturated carbocycles. The average molecular weight is 256 g/mol. The monoisotopic (exact) mass is 256 g/mol. The van der Waals surface area contributed by atoms with Gasteiger partial charge >= 0.3 is 0 Å². The molecule has 0 atom stereocenters. The lowest BCUT2D eigenvalue weighted by atomic mass is 10.3. The molecule has 0 fully saturated rings. The molecule has 0 spiro atoms. The van der Waals surface area contributed by atoms with E-state index in [0.717, 1.165) is 17.0 Å². The second-order valence-electron chi connectivity index (χ2n) is 4.19. The zero-order chi connectivity index (χ0) is 13.7. The van der Waals surface area contributed by atoms with Gasteiger partial charge in [0, 0.05) is 30.3 Å². The van der Waals surface area contributed by atoms with Crippen molar-refractivity contribution in [2.75, 3.05) is 5.32 Å². The van der Waals surface area contributed by atoms with Crippen LogP contribution in [0.3, 0.4) is 0 Å². The first-order valence-electron chi connectivity index (χ1n) is 5.94. The van der Waals surface area contributed by atoms with E-state index in [-0.39, 0.29) is 5.96 Å². The maximum atomic E-state index is 7.79. The fourth-order valence-electron chi connectivity index (χ4n) is 1.63. The maximum Gasteiger partial charge on any atom is 0.229 e. The van der Waals surface area contributed by atoms with Crippen LogP contribution >= 0.6 is 0 Å². The van der Waals surface area contributed by atoms with Crippen molar-refractivity contribution >= 4 is 11.9 Å². The summed E-state index contributed by atoms with van der Waals surface area (Å²) in [6, 6.07) is 5.69. The molecule has 0 unspecified atom stereocenters. The molecular weight excluding hydrogens is 240 g/mol. The van der Waals surface area contributed by atoms with E-state index in [0.29, 0.717) is 12.5 Å². The number of rotatable bonds is 3. The molecule has 0 aliphatic carbocycles. The normalized spacial score (nSPS) is 10.0. The van der Waals surface area contributed by atoms with Crippen LogP contribution in [0.15, 0.2) is 30.6 Å². The highest BCUT2D eigenvalue weighted by Crippen LogP contribution is 2.03. The Balaban J connectivity index is 1.91. The molecule has 0 aliphatic heterocycles. The van der Waals surface area contributed by atoms with E-state index in [4.69, 9.17) is 5.41 Å². The predicted octanol–water partition coefficient (Wildman–Crippen LogP) is 1.62. The summed E-state index contributed by atoms with van der Waals surface area (Å²) in [4.78, 5) is 12.4. The molecule has 6 heteroatoms. The Bertz CT molecular complexity index is 546. The van der Waals surface area contributed by atoms with Crippen molar-refractivity contribution in [2.24, 2.45) is 0 Å². The second-order valence-corrected chi connectivity index (χ2v) is 4.19. The molecule has 0 aromatic carbocycles. The number of pyridine rings is 1. The molecule has 98 valence electrons. The Hall–Kier alpha value is -2.50. The molecule has 2 rings (SSSR count). The van der Waals surface area contributed by atoms with Gasteiger partial charge < -0.3 is 5.32 Å². The lowest BCUT2D eigenvalue weighted by Gasteiger charge is -2.09. The molecule has 2 heterocycles. The van der Waals surface area contributed by atoms with Crippen LogP contribution in [0.4, 0.5) is 5.95 Å². The predicted molar refractivity (Wildman–Crippen MR) is 73.9 cm³/mol. The van der Waals surface area contributed by atoms with Crippen LogP contribution in [0.1, 0.15) is 17.0 Å². The van der Waals surface area contributed by atoms with Crippen molar-refractivity contribution in [3.63, 3.8) is 0 Å². The number of hydrogen-bond acceptors (Lipinski definition) is 4. The lowest BCUT2D eigenvalue weighted by molar-refractivity contribution is 0.892. The first-order chi connectivity index (χ1) is 9.13. The number of anilines is 1. The molecule has 0 amide bonds. The number of nitrogens with one attached hydrogen (secondary N) is 3. The van der Waals surface area contributed by atoms with Gasteiger partial charge in [0.15, 0.2) is 5.96 Å². The lowest BCUT2D eigenvalue weighted by Crippen LogP contribution is -2.30. The van der Waals surface area contributed by atoms with Gasteiger partial charge in [-0.15, -0.1) is 0 Å². The summed E-state index contributed by atoms with van der Waals surface area (Å²) in [6.45, 7) is 4.32. The van der Waals surface area contributed by atoms with Crippen molar-refractivity contribution in [2.45, 2.75) is 20.4 Å². The Morgan fingerprint density at radius 1 is 1.26 bits per heavy atom. The summed E-state index contributed by atoms with van der Waals surface area (Å²) in [5.74, 6) is 0.593. The molecule has 2 aromatic heterocycles. The van der Waals surface area contributed by atoms with Crippen molar-refractivity contribution in [3.05, 3.63) is 47.5 Å². The molecule has 6 nitrogen and oxygen atoms in total. The van der Waals surface area contributed by atoms with Gasteiger partial charge in [-0.1, -0.05) is 6.07 Å². The molecule has 0 aliphatic rings. The second kappa shape index (κ2) is 5.90. The van der Waals surface area contributed by atoms with Gasteiger partial charge in [0.2, 0.25) is 5.95 Å². The van der Waals surface area contributed by atoms with Crippen LogP contribution in [0, 0.1) is 19.3 Å². The van der Waals surface area contributed by atoms with Crippen molar-refractivity contribution in [1.29, 1.82) is 5.41 Å². The summed E-state index contributed by atoms with van der Waals surface area (Å²) in [6.07, 6.45) is 3.48. The summed E-state index contributed by atoms with van der Waals surface area (Å²) in [7, 11) is 0. The first kappa shape index (κ1) is 12.9. The smallest absolute Gasteiger partial charge is 0.229 e. The zero-order valence-electron chi connectivity index (χ0n) is 10.9. The van der Waals surface area contributed by atoms with Gasteiger partial charge in [0.05, 0.1) is 0 Å². The Morgan fingerprint density at radius 3 is 2.63 bits per heavy atom. The molecule has 3 N–H and O–H groups in total. The van der Waals surface area contributed by atoms with Crippen LogP contribution in [-0.4, -0.2) is 20.9 Å². The van der Waals surface area contributed by atoms with E-state index in [9.17, 15) is 0 Å². The van der Waals surface area contributed by atoms with Gasteiger partial charge in [-0.3, -0.25) is 15.7 Å². The molecular formula is C13H16N6. The minimum absolute atomic E-state index is 0.161. The van der Waals surface area contributed by atoms with Crippen LogP contribution in [0.25, 0.3) is 0 Å². The SMILES string of the molecule is Cc1cc(C)nc(NC(=N)NCc2cccnc2)n1. The third-order valence-electron chi connectivity index (χ3n) is 2.41. The third kappa shape index (κ3) is 4.02. The topological polar surface area (TPSA) is 86.6 Å². The van der Waals surface area contributed by atoms with E-state index in [1.165, 1.54) is 0 Å². The number of hydrogen-bond donors (Lipinski definition) is 3. The largest absolute Gasteiger partial charge is 0.352 e. The van der Waals surface area contributed by atoms with Crippen molar-refractivity contribution in [3.8, 4) is 0 Å². The molecule has 0 saturated heterocycles. The highest BCUT2D eigenvalue weighted by atomic mass is 15.2. The Kier molecular flexibility index (Phi) is 4.02. The summed E-state index contributed by atoms with van der Waals surface area (Å²) >= 11 is 0. The number of aromatic nitrogens is 3. The highest BCUT2D eigenvalue weighted by molar-refractivity contribution is 5.89. The maximum absolute atomic E-state index is 7.79. The van der Waals surface area contributed by atoms with Gasteiger partial charge in [0.1, 0.15) is 0 Å². The standard InChI is InChI=1S/C13H16N6/c1-9-6-10(2)18-13(17-9)19-12(14)16-8-11-4-3-5-15-7-11/h3-7H,8H2,1-2H3,(H3,14,16,17,18,19).